The van der Waals surface area contributed by atoms with Crippen molar-refractivity contribution in [2.24, 2.45) is 5.73 Å². The third-order valence-corrected chi connectivity index (χ3v) is 5.57. The Bertz CT molecular complexity index is 1130. The number of piperazine rings is 1. The molecular formula is C24H24N4O. The first-order valence-corrected chi connectivity index (χ1v) is 10.0. The lowest BCUT2D eigenvalue weighted by atomic mass is 10.0. The minimum atomic E-state index is 0.519. The van der Waals surface area contributed by atoms with Crippen molar-refractivity contribution in [1.82, 2.24) is 10.3 Å². The average molecular weight is 384 g/mol. The lowest BCUT2D eigenvalue weighted by Gasteiger charge is -2.29. The van der Waals surface area contributed by atoms with Gasteiger partial charge in [-0.1, -0.05) is 30.3 Å². The molecule has 5 heteroatoms. The summed E-state index contributed by atoms with van der Waals surface area (Å²) in [6.45, 7) is 4.70. The van der Waals surface area contributed by atoms with Crippen molar-refractivity contribution in [3.8, 4) is 22.3 Å². The molecule has 5 nitrogen and oxygen atoms in total. The van der Waals surface area contributed by atoms with Crippen LogP contribution in [0.3, 0.4) is 0 Å². The highest BCUT2D eigenvalue weighted by Gasteiger charge is 2.13. The zero-order valence-corrected chi connectivity index (χ0v) is 16.3. The Morgan fingerprint density at radius 2 is 1.79 bits per heavy atom. The topological polar surface area (TPSA) is 67.3 Å². The van der Waals surface area contributed by atoms with Gasteiger partial charge in [0.15, 0.2) is 5.58 Å². The number of hydrogen-bond acceptors (Lipinski definition) is 5. The maximum atomic E-state index is 5.85. The van der Waals surface area contributed by atoms with Crippen molar-refractivity contribution in [3.05, 3.63) is 72.6 Å². The van der Waals surface area contributed by atoms with E-state index in [0.717, 1.165) is 65.1 Å². The van der Waals surface area contributed by atoms with E-state index in [-0.39, 0.29) is 0 Å². The molecule has 1 aliphatic heterocycles. The van der Waals surface area contributed by atoms with Crippen LogP contribution in [0.1, 0.15) is 5.56 Å². The summed E-state index contributed by atoms with van der Waals surface area (Å²) in [5, 5.41) is 3.39. The fraction of sp³-hybridized carbons (Fsp3) is 0.208. The van der Waals surface area contributed by atoms with E-state index in [9.17, 15) is 0 Å². The number of benzene rings is 2. The molecule has 0 amide bonds. The van der Waals surface area contributed by atoms with Gasteiger partial charge in [0.1, 0.15) is 11.8 Å². The molecule has 2 aromatic heterocycles. The van der Waals surface area contributed by atoms with Crippen LogP contribution in [0.25, 0.3) is 33.4 Å². The molecule has 0 unspecified atom stereocenters. The van der Waals surface area contributed by atoms with Crippen LogP contribution >= 0.6 is 0 Å². The van der Waals surface area contributed by atoms with E-state index in [1.54, 1.807) is 6.26 Å². The molecule has 1 fully saturated rings. The van der Waals surface area contributed by atoms with Crippen LogP contribution in [0.5, 0.6) is 0 Å². The molecule has 146 valence electrons. The second kappa shape index (κ2) is 7.70. The molecule has 1 saturated heterocycles. The highest BCUT2D eigenvalue weighted by molar-refractivity contribution is 5.92. The molecule has 0 radical (unpaired) electrons. The van der Waals surface area contributed by atoms with Gasteiger partial charge in [-0.25, -0.2) is 0 Å². The van der Waals surface area contributed by atoms with E-state index in [0.29, 0.717) is 6.54 Å². The maximum absolute atomic E-state index is 5.85. The quantitative estimate of drug-likeness (QED) is 0.556. The van der Waals surface area contributed by atoms with E-state index in [1.807, 2.05) is 18.3 Å². The van der Waals surface area contributed by atoms with Gasteiger partial charge in [0.05, 0.1) is 0 Å². The number of nitrogens with two attached hydrogens (primary N) is 1. The molecule has 0 bridgehead atoms. The highest BCUT2D eigenvalue weighted by atomic mass is 16.3. The summed E-state index contributed by atoms with van der Waals surface area (Å²) >= 11 is 0. The van der Waals surface area contributed by atoms with E-state index < -0.39 is 0 Å². The SMILES string of the molecule is NCc1cccc(-c2coc3cc(-c4ccc(N5CCNCC5)cc4)cnc23)c1. The van der Waals surface area contributed by atoms with Crippen molar-refractivity contribution in [2.75, 3.05) is 31.1 Å². The highest BCUT2D eigenvalue weighted by Crippen LogP contribution is 2.32. The second-order valence-electron chi connectivity index (χ2n) is 7.41. The van der Waals surface area contributed by atoms with Crippen molar-refractivity contribution in [3.63, 3.8) is 0 Å². The van der Waals surface area contributed by atoms with Crippen molar-refractivity contribution >= 4 is 16.8 Å². The maximum Gasteiger partial charge on any atom is 0.153 e. The number of furan rings is 1. The standard InChI is InChI=1S/C24H24N4O/c25-14-17-2-1-3-19(12-17)22-16-29-23-13-20(15-27-24(22)23)18-4-6-21(7-5-18)28-10-8-26-9-11-28/h1-7,12-13,15-16,26H,8-11,14,25H2. The average Bonchev–Trinajstić information content (AvgIpc) is 3.23. The van der Waals surface area contributed by atoms with Gasteiger partial charge < -0.3 is 20.4 Å². The Morgan fingerprint density at radius 3 is 2.59 bits per heavy atom. The Morgan fingerprint density at radius 1 is 0.966 bits per heavy atom. The molecule has 0 atom stereocenters. The van der Waals surface area contributed by atoms with Crippen molar-refractivity contribution in [1.29, 1.82) is 0 Å². The number of hydrogen-bond donors (Lipinski definition) is 2. The molecule has 0 aliphatic carbocycles. The molecule has 29 heavy (non-hydrogen) atoms. The first kappa shape index (κ1) is 17.9. The number of pyridine rings is 1. The number of fused-ring (bicyclic) bond motifs is 1. The Kier molecular flexibility index (Phi) is 4.76. The van der Waals surface area contributed by atoms with Crippen LogP contribution in [-0.2, 0) is 6.54 Å². The molecule has 0 saturated carbocycles. The van der Waals surface area contributed by atoms with Gasteiger partial charge in [-0.2, -0.15) is 0 Å². The van der Waals surface area contributed by atoms with Gasteiger partial charge >= 0.3 is 0 Å². The summed E-state index contributed by atoms with van der Waals surface area (Å²) in [4.78, 5) is 7.13. The summed E-state index contributed by atoms with van der Waals surface area (Å²) < 4.78 is 5.85. The van der Waals surface area contributed by atoms with Crippen molar-refractivity contribution < 1.29 is 4.42 Å². The normalized spacial score (nSPS) is 14.4. The van der Waals surface area contributed by atoms with Crippen LogP contribution < -0.4 is 16.0 Å². The predicted octanol–water partition coefficient (Wildman–Crippen LogP) is 4.03. The summed E-state index contributed by atoms with van der Waals surface area (Å²) in [5.41, 5.74) is 14.1. The van der Waals surface area contributed by atoms with Crippen LogP contribution in [0.2, 0.25) is 0 Å². The Hall–Kier alpha value is -3.15. The van der Waals surface area contributed by atoms with Crippen LogP contribution in [-0.4, -0.2) is 31.2 Å². The monoisotopic (exact) mass is 384 g/mol. The van der Waals surface area contributed by atoms with Crippen LogP contribution in [0.4, 0.5) is 5.69 Å². The number of rotatable bonds is 4. The number of aromatic nitrogens is 1. The van der Waals surface area contributed by atoms with Gasteiger partial charge in [0.25, 0.3) is 0 Å². The van der Waals surface area contributed by atoms with Gasteiger partial charge in [-0.3, -0.25) is 4.98 Å². The summed E-state index contributed by atoms with van der Waals surface area (Å²) in [7, 11) is 0. The molecule has 1 aliphatic rings. The first-order valence-electron chi connectivity index (χ1n) is 10.0. The minimum Gasteiger partial charge on any atom is -0.462 e. The first-order chi connectivity index (χ1) is 14.3. The fourth-order valence-corrected chi connectivity index (χ4v) is 3.93. The predicted molar refractivity (Wildman–Crippen MR) is 118 cm³/mol. The van der Waals surface area contributed by atoms with Gasteiger partial charge in [-0.05, 0) is 41.0 Å². The van der Waals surface area contributed by atoms with Crippen LogP contribution in [0.15, 0.2) is 71.5 Å². The number of nitrogens with one attached hydrogen (secondary N) is 1. The zero-order valence-electron chi connectivity index (χ0n) is 16.3. The Labute approximate surface area is 170 Å². The third kappa shape index (κ3) is 3.50. The molecule has 5 rings (SSSR count). The lowest BCUT2D eigenvalue weighted by molar-refractivity contribution is 0.589. The van der Waals surface area contributed by atoms with Gasteiger partial charge in [0, 0.05) is 55.7 Å². The van der Waals surface area contributed by atoms with Crippen molar-refractivity contribution in [2.45, 2.75) is 6.54 Å². The van der Waals surface area contributed by atoms with Crippen LogP contribution in [0, 0.1) is 0 Å². The number of anilines is 1. The summed E-state index contributed by atoms with van der Waals surface area (Å²) in [5.74, 6) is 0. The third-order valence-electron chi connectivity index (χ3n) is 5.57. The number of nitrogens with zero attached hydrogens (tertiary/aromatic N) is 2. The largest absolute Gasteiger partial charge is 0.462 e. The van der Waals surface area contributed by atoms with E-state index in [1.165, 1.54) is 5.69 Å². The van der Waals surface area contributed by atoms with E-state index in [2.05, 4.69) is 52.7 Å². The lowest BCUT2D eigenvalue weighted by Crippen LogP contribution is -2.43. The zero-order chi connectivity index (χ0) is 19.6. The van der Waals surface area contributed by atoms with Gasteiger partial charge in [0.2, 0.25) is 0 Å². The van der Waals surface area contributed by atoms with Gasteiger partial charge in [-0.15, -0.1) is 0 Å². The molecular weight excluding hydrogens is 360 g/mol. The fourth-order valence-electron chi connectivity index (χ4n) is 3.93. The minimum absolute atomic E-state index is 0.519. The molecule has 3 N–H and O–H groups in total. The molecule has 2 aromatic carbocycles. The summed E-state index contributed by atoms with van der Waals surface area (Å²) in [6.07, 6.45) is 3.71. The summed E-state index contributed by atoms with van der Waals surface area (Å²) in [6, 6.07) is 19.0. The van der Waals surface area contributed by atoms with E-state index >= 15 is 0 Å². The Balaban J connectivity index is 1.44. The van der Waals surface area contributed by atoms with E-state index in [4.69, 9.17) is 15.1 Å². The molecule has 0 spiro atoms. The second-order valence-corrected chi connectivity index (χ2v) is 7.41. The smallest absolute Gasteiger partial charge is 0.153 e. The molecule has 4 aromatic rings. The molecule has 3 heterocycles.